The van der Waals surface area contributed by atoms with Crippen molar-refractivity contribution in [3.63, 3.8) is 0 Å². The Hall–Kier alpha value is -1.77. The van der Waals surface area contributed by atoms with Gasteiger partial charge in [0.05, 0.1) is 11.4 Å². The molecule has 0 fully saturated rings. The summed E-state index contributed by atoms with van der Waals surface area (Å²) >= 11 is 5.65. The van der Waals surface area contributed by atoms with Gasteiger partial charge in [0, 0.05) is 16.5 Å². The fourth-order valence-electron chi connectivity index (χ4n) is 1.05. The molecule has 0 aliphatic carbocycles. The van der Waals surface area contributed by atoms with Crippen LogP contribution >= 0.6 is 11.6 Å². The molecule has 0 saturated heterocycles. The van der Waals surface area contributed by atoms with E-state index in [9.17, 15) is 13.2 Å². The molecule has 0 aromatic heterocycles. The quantitative estimate of drug-likeness (QED) is 0.671. The number of sulfone groups is 1. The molecule has 0 aliphatic heterocycles. The van der Waals surface area contributed by atoms with E-state index in [1.807, 2.05) is 0 Å². The van der Waals surface area contributed by atoms with Crippen LogP contribution in [0.25, 0.3) is 0 Å². The van der Waals surface area contributed by atoms with Gasteiger partial charge in [0.1, 0.15) is 0 Å². The molecule has 1 N–H and O–H groups in total. The van der Waals surface area contributed by atoms with E-state index in [1.54, 1.807) is 0 Å². The number of carbonyl (C=O) groups excluding carboxylic acids is 1. The van der Waals surface area contributed by atoms with E-state index in [-0.39, 0.29) is 11.4 Å². The Labute approximate surface area is 111 Å². The number of terminal acetylenes is 1. The molecule has 0 heterocycles. The zero-order chi connectivity index (χ0) is 13.6. The predicted molar refractivity (Wildman–Crippen MR) is 69.6 cm³/mol. The molecule has 6 heteroatoms. The van der Waals surface area contributed by atoms with Crippen LogP contribution in [0.15, 0.2) is 40.6 Å². The van der Waals surface area contributed by atoms with Crippen molar-refractivity contribution in [2.24, 2.45) is 0 Å². The maximum Gasteiger partial charge on any atom is 0.245 e. The molecule has 0 spiro atoms. The van der Waals surface area contributed by atoms with Crippen molar-refractivity contribution in [3.05, 3.63) is 40.8 Å². The van der Waals surface area contributed by atoms with Crippen molar-refractivity contribution >= 4 is 27.3 Å². The fourth-order valence-corrected chi connectivity index (χ4v) is 2.15. The summed E-state index contributed by atoms with van der Waals surface area (Å²) < 4.78 is 23.5. The highest BCUT2D eigenvalue weighted by atomic mass is 35.5. The van der Waals surface area contributed by atoms with E-state index >= 15 is 0 Å². The van der Waals surface area contributed by atoms with Gasteiger partial charge in [-0.15, -0.1) is 6.42 Å². The van der Waals surface area contributed by atoms with Crippen molar-refractivity contribution in [2.75, 3.05) is 6.54 Å². The van der Waals surface area contributed by atoms with E-state index < -0.39 is 15.7 Å². The van der Waals surface area contributed by atoms with Crippen molar-refractivity contribution in [1.29, 1.82) is 0 Å². The Morgan fingerprint density at radius 1 is 1.39 bits per heavy atom. The van der Waals surface area contributed by atoms with Gasteiger partial charge in [0.25, 0.3) is 0 Å². The summed E-state index contributed by atoms with van der Waals surface area (Å²) in [5, 5.41) is 3.57. The first-order valence-electron chi connectivity index (χ1n) is 4.86. The lowest BCUT2D eigenvalue weighted by atomic mass is 10.4. The maximum atomic E-state index is 11.8. The lowest BCUT2D eigenvalue weighted by molar-refractivity contribution is -0.116. The molecular weight excluding hydrogens is 274 g/mol. The summed E-state index contributed by atoms with van der Waals surface area (Å²) in [4.78, 5) is 11.2. The second kappa shape index (κ2) is 6.24. The van der Waals surface area contributed by atoms with Gasteiger partial charge in [-0.05, 0) is 24.3 Å². The second-order valence-corrected chi connectivity index (χ2v) is 5.49. The maximum absolute atomic E-state index is 11.8. The highest BCUT2D eigenvalue weighted by Gasteiger charge is 2.10. The third-order valence-corrected chi connectivity index (χ3v) is 3.58. The molecular formula is C12H10ClNO3S. The largest absolute Gasteiger partial charge is 0.342 e. The third-order valence-electron chi connectivity index (χ3n) is 1.91. The van der Waals surface area contributed by atoms with E-state index in [2.05, 4.69) is 11.2 Å². The Balaban J connectivity index is 2.83. The number of carbonyl (C=O) groups is 1. The topological polar surface area (TPSA) is 63.2 Å². The number of rotatable bonds is 4. The molecule has 0 aliphatic rings. The Bertz CT molecular complexity index is 597. The van der Waals surface area contributed by atoms with E-state index in [1.165, 1.54) is 24.3 Å². The molecule has 0 unspecified atom stereocenters. The van der Waals surface area contributed by atoms with Crippen molar-refractivity contribution in [3.8, 4) is 12.3 Å². The van der Waals surface area contributed by atoms with E-state index in [4.69, 9.17) is 18.0 Å². The average Bonchev–Trinajstić information content (AvgIpc) is 2.34. The van der Waals surface area contributed by atoms with Crippen LogP contribution in [0, 0.1) is 12.3 Å². The van der Waals surface area contributed by atoms with Gasteiger partial charge in [-0.25, -0.2) is 8.42 Å². The second-order valence-electron chi connectivity index (χ2n) is 3.22. The predicted octanol–water partition coefficient (Wildman–Crippen LogP) is 1.38. The number of hydrogen-bond acceptors (Lipinski definition) is 3. The van der Waals surface area contributed by atoms with Gasteiger partial charge in [-0.3, -0.25) is 4.79 Å². The number of nitrogens with one attached hydrogen (secondary N) is 1. The number of amides is 1. The molecule has 94 valence electrons. The van der Waals surface area contributed by atoms with E-state index in [0.717, 1.165) is 11.5 Å². The van der Waals surface area contributed by atoms with Crippen LogP contribution in [0.4, 0.5) is 0 Å². The average molecular weight is 284 g/mol. The van der Waals surface area contributed by atoms with Crippen LogP contribution in [0.5, 0.6) is 0 Å². The van der Waals surface area contributed by atoms with Gasteiger partial charge in [0.2, 0.25) is 5.91 Å². The molecule has 18 heavy (non-hydrogen) atoms. The molecule has 1 aromatic rings. The summed E-state index contributed by atoms with van der Waals surface area (Å²) in [7, 11) is -3.65. The van der Waals surface area contributed by atoms with Crippen LogP contribution in [-0.2, 0) is 14.6 Å². The van der Waals surface area contributed by atoms with Crippen LogP contribution < -0.4 is 5.32 Å². The van der Waals surface area contributed by atoms with Crippen molar-refractivity contribution in [1.82, 2.24) is 5.32 Å². The minimum absolute atomic E-state index is 0.0458. The van der Waals surface area contributed by atoms with Crippen LogP contribution in [-0.4, -0.2) is 20.9 Å². The first kappa shape index (κ1) is 14.3. The zero-order valence-electron chi connectivity index (χ0n) is 9.26. The lowest BCUT2D eigenvalue weighted by Crippen LogP contribution is -2.21. The smallest absolute Gasteiger partial charge is 0.245 e. The molecule has 1 rings (SSSR count). The molecule has 0 saturated carbocycles. The van der Waals surface area contributed by atoms with Crippen LogP contribution in [0.2, 0.25) is 5.02 Å². The van der Waals surface area contributed by atoms with Gasteiger partial charge in [-0.2, -0.15) is 0 Å². The molecule has 1 aromatic carbocycles. The van der Waals surface area contributed by atoms with Crippen LogP contribution in [0.1, 0.15) is 0 Å². The molecule has 0 atom stereocenters. The van der Waals surface area contributed by atoms with Crippen LogP contribution in [0.3, 0.4) is 0 Å². The van der Waals surface area contributed by atoms with Gasteiger partial charge < -0.3 is 5.32 Å². The van der Waals surface area contributed by atoms with Gasteiger partial charge in [0.15, 0.2) is 9.84 Å². The molecule has 1 amide bonds. The summed E-state index contributed by atoms with van der Waals surface area (Å²) in [6, 6.07) is 5.64. The minimum Gasteiger partial charge on any atom is -0.342 e. The third kappa shape index (κ3) is 4.24. The normalized spacial score (nSPS) is 11.1. The summed E-state index contributed by atoms with van der Waals surface area (Å²) in [5.41, 5.74) is 0. The van der Waals surface area contributed by atoms with Crippen molar-refractivity contribution < 1.29 is 13.2 Å². The number of benzene rings is 1. The summed E-state index contributed by atoms with van der Waals surface area (Å²) in [6.45, 7) is 0.0458. The fraction of sp³-hybridized carbons (Fsp3) is 0.0833. The molecule has 0 radical (unpaired) electrons. The highest BCUT2D eigenvalue weighted by molar-refractivity contribution is 7.94. The standard InChI is InChI=1S/C12H10ClNO3S/c1-2-8-14-12(15)7-9-18(16,17)11-5-3-10(13)4-6-11/h1,3-7,9H,8H2,(H,14,15). The summed E-state index contributed by atoms with van der Waals surface area (Å²) in [5.74, 6) is 1.64. The Morgan fingerprint density at radius 2 is 2.00 bits per heavy atom. The SMILES string of the molecule is C#CCNC(=O)C=CS(=O)(=O)c1ccc(Cl)cc1. The molecule has 4 nitrogen and oxygen atoms in total. The number of halogens is 1. The Kier molecular flexibility index (Phi) is 4.95. The monoisotopic (exact) mass is 283 g/mol. The lowest BCUT2D eigenvalue weighted by Gasteiger charge is -1.99. The number of hydrogen-bond donors (Lipinski definition) is 1. The zero-order valence-corrected chi connectivity index (χ0v) is 10.8. The molecule has 0 bridgehead atoms. The first-order chi connectivity index (χ1) is 8.45. The highest BCUT2D eigenvalue weighted by Crippen LogP contribution is 2.15. The Morgan fingerprint density at radius 3 is 2.56 bits per heavy atom. The van der Waals surface area contributed by atoms with Gasteiger partial charge >= 0.3 is 0 Å². The summed E-state index contributed by atoms with van der Waals surface area (Å²) in [6.07, 6.45) is 5.86. The van der Waals surface area contributed by atoms with E-state index in [0.29, 0.717) is 5.02 Å². The minimum atomic E-state index is -3.65. The van der Waals surface area contributed by atoms with Gasteiger partial charge in [-0.1, -0.05) is 17.5 Å². The first-order valence-corrected chi connectivity index (χ1v) is 6.78. The van der Waals surface area contributed by atoms with Crippen molar-refractivity contribution in [2.45, 2.75) is 4.90 Å².